The van der Waals surface area contributed by atoms with E-state index in [0.717, 1.165) is 12.1 Å². The summed E-state index contributed by atoms with van der Waals surface area (Å²) in [5, 5.41) is 0. The Kier molecular flexibility index (Phi) is 3.91. The molecule has 0 aliphatic heterocycles. The molecule has 2 N–H and O–H groups in total. The first-order valence-electron chi connectivity index (χ1n) is 5.16. The van der Waals surface area contributed by atoms with Gasteiger partial charge in [-0.05, 0) is 38.1 Å². The van der Waals surface area contributed by atoms with E-state index in [1.807, 2.05) is 0 Å². The van der Waals surface area contributed by atoms with Crippen LogP contribution in [0, 0.1) is 5.82 Å². The molecule has 0 spiro atoms. The molecule has 0 heterocycles. The molecular weight excluding hydrogens is 243 g/mol. The summed E-state index contributed by atoms with van der Waals surface area (Å²) in [7, 11) is -2.18. The molecule has 0 aromatic heterocycles. The number of hydrogen-bond acceptors (Lipinski definition) is 3. The summed E-state index contributed by atoms with van der Waals surface area (Å²) in [5.74, 6) is -0.468. The zero-order valence-corrected chi connectivity index (χ0v) is 11.0. The molecule has 0 unspecified atom stereocenters. The number of nitrogens with two attached hydrogens (primary N) is 1. The monoisotopic (exact) mass is 260 g/mol. The maximum atomic E-state index is 12.7. The molecule has 0 bridgehead atoms. The fraction of sp³-hybridized carbons (Fsp3) is 0.455. The Hall–Kier alpha value is -0.980. The molecule has 17 heavy (non-hydrogen) atoms. The largest absolute Gasteiger partial charge is 0.329 e. The molecule has 4 nitrogen and oxygen atoms in total. The Balaban J connectivity index is 3.16. The average Bonchev–Trinajstić information content (AvgIpc) is 2.28. The Labute approximate surface area is 101 Å². The average molecular weight is 260 g/mol. The van der Waals surface area contributed by atoms with Crippen LogP contribution < -0.4 is 5.73 Å². The SMILES string of the molecule is CN(C(C)(C)CN)S(=O)(=O)c1ccc(F)cc1. The first-order valence-corrected chi connectivity index (χ1v) is 6.60. The number of rotatable bonds is 4. The summed E-state index contributed by atoms with van der Waals surface area (Å²) in [4.78, 5) is 0.0583. The predicted molar refractivity (Wildman–Crippen MR) is 64.5 cm³/mol. The Morgan fingerprint density at radius 1 is 1.29 bits per heavy atom. The van der Waals surface area contributed by atoms with Crippen LogP contribution in [0.25, 0.3) is 0 Å². The molecule has 0 saturated heterocycles. The summed E-state index contributed by atoms with van der Waals surface area (Å²) < 4.78 is 38.3. The smallest absolute Gasteiger partial charge is 0.243 e. The van der Waals surface area contributed by atoms with E-state index in [4.69, 9.17) is 5.73 Å². The zero-order chi connectivity index (χ0) is 13.3. The van der Waals surface area contributed by atoms with Crippen LogP contribution in [0.5, 0.6) is 0 Å². The van der Waals surface area contributed by atoms with Gasteiger partial charge in [0.2, 0.25) is 10.0 Å². The van der Waals surface area contributed by atoms with E-state index in [-0.39, 0.29) is 11.4 Å². The number of hydrogen-bond donors (Lipinski definition) is 1. The van der Waals surface area contributed by atoms with Crippen molar-refractivity contribution >= 4 is 10.0 Å². The van der Waals surface area contributed by atoms with Crippen LogP contribution >= 0.6 is 0 Å². The highest BCUT2D eigenvalue weighted by Crippen LogP contribution is 2.22. The van der Waals surface area contributed by atoms with Crippen LogP contribution in [0.1, 0.15) is 13.8 Å². The third kappa shape index (κ3) is 2.83. The second-order valence-corrected chi connectivity index (χ2v) is 6.41. The fourth-order valence-corrected chi connectivity index (χ4v) is 2.74. The molecule has 0 aliphatic carbocycles. The van der Waals surface area contributed by atoms with Crippen LogP contribution in [-0.4, -0.2) is 31.9 Å². The third-order valence-corrected chi connectivity index (χ3v) is 4.91. The molecule has 0 atom stereocenters. The van der Waals surface area contributed by atoms with Gasteiger partial charge in [-0.2, -0.15) is 4.31 Å². The van der Waals surface area contributed by atoms with Gasteiger partial charge < -0.3 is 5.73 Å². The Morgan fingerprint density at radius 2 is 1.76 bits per heavy atom. The van der Waals surface area contributed by atoms with E-state index in [1.165, 1.54) is 23.5 Å². The van der Waals surface area contributed by atoms with E-state index >= 15 is 0 Å². The van der Waals surface area contributed by atoms with E-state index < -0.39 is 21.4 Å². The zero-order valence-electron chi connectivity index (χ0n) is 10.1. The van der Waals surface area contributed by atoms with Gasteiger partial charge in [-0.1, -0.05) is 0 Å². The highest BCUT2D eigenvalue weighted by atomic mass is 32.2. The van der Waals surface area contributed by atoms with Gasteiger partial charge in [0, 0.05) is 19.1 Å². The van der Waals surface area contributed by atoms with Crippen LogP contribution in [-0.2, 0) is 10.0 Å². The van der Waals surface area contributed by atoms with Gasteiger partial charge in [0.15, 0.2) is 0 Å². The number of nitrogens with zero attached hydrogens (tertiary/aromatic N) is 1. The van der Waals surface area contributed by atoms with Crippen LogP contribution in [0.4, 0.5) is 4.39 Å². The van der Waals surface area contributed by atoms with Crippen molar-refractivity contribution < 1.29 is 12.8 Å². The van der Waals surface area contributed by atoms with Gasteiger partial charge in [0.05, 0.1) is 4.90 Å². The number of likely N-dealkylation sites (N-methyl/N-ethyl adjacent to an activating group) is 1. The summed E-state index contributed by atoms with van der Waals surface area (Å²) in [6, 6.07) is 4.73. The molecule has 96 valence electrons. The molecular formula is C11H17FN2O2S. The van der Waals surface area contributed by atoms with Crippen molar-refractivity contribution in [2.45, 2.75) is 24.3 Å². The lowest BCUT2D eigenvalue weighted by molar-refractivity contribution is 0.274. The van der Waals surface area contributed by atoms with Crippen molar-refractivity contribution in [3.05, 3.63) is 30.1 Å². The number of benzene rings is 1. The van der Waals surface area contributed by atoms with Crippen molar-refractivity contribution in [1.82, 2.24) is 4.31 Å². The number of sulfonamides is 1. The maximum Gasteiger partial charge on any atom is 0.243 e. The lowest BCUT2D eigenvalue weighted by Gasteiger charge is -2.33. The molecule has 0 aliphatic rings. The normalized spacial score (nSPS) is 13.1. The summed E-state index contributed by atoms with van der Waals surface area (Å²) >= 11 is 0. The molecule has 6 heteroatoms. The quantitative estimate of drug-likeness (QED) is 0.884. The van der Waals surface area contributed by atoms with E-state index in [9.17, 15) is 12.8 Å². The summed E-state index contributed by atoms with van der Waals surface area (Å²) in [5.41, 5.74) is 4.85. The first-order chi connectivity index (χ1) is 7.71. The van der Waals surface area contributed by atoms with Crippen molar-refractivity contribution in [3.63, 3.8) is 0 Å². The van der Waals surface area contributed by atoms with Gasteiger partial charge in [0.25, 0.3) is 0 Å². The minimum atomic E-state index is -3.64. The molecule has 1 rings (SSSR count). The van der Waals surface area contributed by atoms with E-state index in [0.29, 0.717) is 0 Å². The van der Waals surface area contributed by atoms with Gasteiger partial charge >= 0.3 is 0 Å². The van der Waals surface area contributed by atoms with Gasteiger partial charge in [-0.3, -0.25) is 0 Å². The van der Waals surface area contributed by atoms with Gasteiger partial charge in [-0.15, -0.1) is 0 Å². The van der Waals surface area contributed by atoms with Crippen molar-refractivity contribution in [1.29, 1.82) is 0 Å². The second-order valence-electron chi connectivity index (χ2n) is 4.44. The number of halogens is 1. The molecule has 1 aromatic carbocycles. The highest BCUT2D eigenvalue weighted by Gasteiger charge is 2.32. The molecule has 0 fully saturated rings. The van der Waals surface area contributed by atoms with Gasteiger partial charge in [-0.25, -0.2) is 12.8 Å². The molecule has 1 aromatic rings. The lowest BCUT2D eigenvalue weighted by Crippen LogP contribution is -2.49. The topological polar surface area (TPSA) is 63.4 Å². The van der Waals surface area contributed by atoms with Gasteiger partial charge in [0.1, 0.15) is 5.82 Å². The third-order valence-electron chi connectivity index (χ3n) is 2.82. The van der Waals surface area contributed by atoms with Crippen molar-refractivity contribution in [3.8, 4) is 0 Å². The molecule has 0 saturated carbocycles. The first kappa shape index (κ1) is 14.1. The van der Waals surface area contributed by atoms with Crippen LogP contribution in [0.3, 0.4) is 0 Å². The van der Waals surface area contributed by atoms with Crippen LogP contribution in [0.2, 0.25) is 0 Å². The fourth-order valence-electron chi connectivity index (χ4n) is 1.22. The molecule has 0 amide bonds. The van der Waals surface area contributed by atoms with E-state index in [2.05, 4.69) is 0 Å². The second kappa shape index (κ2) is 4.72. The van der Waals surface area contributed by atoms with Crippen molar-refractivity contribution in [2.75, 3.05) is 13.6 Å². The highest BCUT2D eigenvalue weighted by molar-refractivity contribution is 7.89. The minimum absolute atomic E-state index is 0.0583. The summed E-state index contributed by atoms with van der Waals surface area (Å²) in [6.07, 6.45) is 0. The Bertz CT molecular complexity index is 483. The van der Waals surface area contributed by atoms with Crippen LogP contribution in [0.15, 0.2) is 29.2 Å². The lowest BCUT2D eigenvalue weighted by atomic mass is 10.1. The Morgan fingerprint density at radius 3 is 2.18 bits per heavy atom. The summed E-state index contributed by atoms with van der Waals surface area (Å²) in [6.45, 7) is 3.66. The maximum absolute atomic E-state index is 12.7. The minimum Gasteiger partial charge on any atom is -0.329 e. The molecule has 0 radical (unpaired) electrons. The predicted octanol–water partition coefficient (Wildman–Crippen LogP) is 1.18. The standard InChI is InChI=1S/C11H17FN2O2S/c1-11(2,8-13)14(3)17(15,16)10-6-4-9(12)5-7-10/h4-7H,8,13H2,1-3H3. The van der Waals surface area contributed by atoms with Crippen molar-refractivity contribution in [2.24, 2.45) is 5.73 Å². The van der Waals surface area contributed by atoms with E-state index in [1.54, 1.807) is 13.8 Å².